The highest BCUT2D eigenvalue weighted by molar-refractivity contribution is 9.10. The number of ether oxygens (including phenoxy) is 1. The van der Waals surface area contributed by atoms with Crippen molar-refractivity contribution in [3.8, 4) is 5.75 Å². The lowest BCUT2D eigenvalue weighted by Gasteiger charge is -2.04. The van der Waals surface area contributed by atoms with E-state index < -0.39 is 0 Å². The van der Waals surface area contributed by atoms with Gasteiger partial charge < -0.3 is 10.5 Å². The van der Waals surface area contributed by atoms with Crippen molar-refractivity contribution >= 4 is 32.9 Å². The van der Waals surface area contributed by atoms with E-state index in [1.165, 1.54) is 0 Å². The number of nitrogens with zero attached hydrogens (tertiary/aromatic N) is 5. The molecule has 0 saturated carbocycles. The highest BCUT2D eigenvalue weighted by Crippen LogP contribution is 2.24. The number of nitrogens with one attached hydrogen (secondary N) is 1. The van der Waals surface area contributed by atoms with Gasteiger partial charge in [0.2, 0.25) is 5.65 Å². The van der Waals surface area contributed by atoms with Gasteiger partial charge in [-0.15, -0.1) is 5.10 Å². The van der Waals surface area contributed by atoms with E-state index in [0.717, 1.165) is 10.3 Å². The summed E-state index contributed by atoms with van der Waals surface area (Å²) in [7, 11) is 1.84. The molecule has 3 rings (SSSR count). The lowest BCUT2D eigenvalue weighted by molar-refractivity contribution is 0.303. The van der Waals surface area contributed by atoms with E-state index in [4.69, 9.17) is 10.5 Å². The number of hydrogen-bond donors (Lipinski definition) is 2. The predicted molar refractivity (Wildman–Crippen MR) is 71.3 cm³/mol. The molecule has 0 saturated heterocycles. The third-order valence-corrected chi connectivity index (χ3v) is 3.27. The minimum absolute atomic E-state index is 0.310. The molecule has 3 heterocycles. The topological polar surface area (TPSA) is 108 Å². The van der Waals surface area contributed by atoms with Crippen molar-refractivity contribution in [1.29, 1.82) is 0 Å². The smallest absolute Gasteiger partial charge is 0.207 e. The van der Waals surface area contributed by atoms with E-state index in [1.807, 2.05) is 13.1 Å². The third kappa shape index (κ3) is 2.24. The second kappa shape index (κ2) is 4.50. The summed E-state index contributed by atoms with van der Waals surface area (Å²) < 4.78 is 8.27. The Balaban J connectivity index is 1.87. The first-order chi connectivity index (χ1) is 9.13. The third-order valence-electron chi connectivity index (χ3n) is 2.53. The summed E-state index contributed by atoms with van der Waals surface area (Å²) in [6, 6.07) is 3.49. The maximum Gasteiger partial charge on any atom is 0.207 e. The van der Waals surface area contributed by atoms with Gasteiger partial charge in [0.1, 0.15) is 22.7 Å². The van der Waals surface area contributed by atoms with Crippen molar-refractivity contribution in [2.75, 3.05) is 5.73 Å². The molecule has 3 aromatic heterocycles. The number of fused-ring (bicyclic) bond motifs is 1. The molecule has 0 bridgehead atoms. The second-order valence-corrected chi connectivity index (χ2v) is 4.72. The molecule has 0 atom stereocenters. The molecule has 8 nitrogen and oxygen atoms in total. The standard InChI is InChI=1S/C10H10BrN7O/c1-18-7(11)2-5(16-18)4-19-6-3-8(12)13-10-9(6)14-17-15-10/h2-3H,4H2,1H3,(H3,12,13,14,15,17). The molecule has 19 heavy (non-hydrogen) atoms. The van der Waals surface area contributed by atoms with Crippen LogP contribution in [0.1, 0.15) is 5.69 Å². The minimum atomic E-state index is 0.310. The van der Waals surface area contributed by atoms with Crippen LogP contribution in [0.15, 0.2) is 16.7 Å². The van der Waals surface area contributed by atoms with Crippen molar-refractivity contribution in [2.24, 2.45) is 7.05 Å². The molecule has 0 aliphatic rings. The lowest BCUT2D eigenvalue weighted by Crippen LogP contribution is -2.00. The zero-order valence-corrected chi connectivity index (χ0v) is 11.5. The van der Waals surface area contributed by atoms with Gasteiger partial charge in [0, 0.05) is 13.1 Å². The second-order valence-electron chi connectivity index (χ2n) is 3.91. The Labute approximate surface area is 116 Å². The van der Waals surface area contributed by atoms with Crippen LogP contribution in [-0.4, -0.2) is 30.2 Å². The molecule has 0 fully saturated rings. The number of rotatable bonds is 3. The van der Waals surface area contributed by atoms with Crippen LogP contribution in [-0.2, 0) is 13.7 Å². The van der Waals surface area contributed by atoms with E-state index >= 15 is 0 Å². The molecule has 0 aliphatic carbocycles. The fraction of sp³-hybridized carbons (Fsp3) is 0.200. The van der Waals surface area contributed by atoms with Crippen LogP contribution in [0, 0.1) is 0 Å². The Morgan fingerprint density at radius 3 is 3.00 bits per heavy atom. The van der Waals surface area contributed by atoms with Gasteiger partial charge in [0.25, 0.3) is 0 Å². The summed E-state index contributed by atoms with van der Waals surface area (Å²) in [4.78, 5) is 4.04. The number of aromatic amines is 1. The van der Waals surface area contributed by atoms with Crippen LogP contribution in [0.3, 0.4) is 0 Å². The summed E-state index contributed by atoms with van der Waals surface area (Å²) in [5.74, 6) is 0.858. The molecular weight excluding hydrogens is 314 g/mol. The zero-order chi connectivity index (χ0) is 13.4. The first-order valence-electron chi connectivity index (χ1n) is 5.41. The van der Waals surface area contributed by atoms with Crippen molar-refractivity contribution < 1.29 is 4.74 Å². The molecule has 3 aromatic rings. The van der Waals surface area contributed by atoms with Crippen LogP contribution >= 0.6 is 15.9 Å². The number of pyridine rings is 1. The lowest BCUT2D eigenvalue weighted by atomic mass is 10.3. The molecule has 98 valence electrons. The molecule has 0 radical (unpaired) electrons. The van der Waals surface area contributed by atoms with E-state index in [0.29, 0.717) is 29.3 Å². The van der Waals surface area contributed by atoms with Crippen LogP contribution in [0.2, 0.25) is 0 Å². The van der Waals surface area contributed by atoms with Crippen LogP contribution in [0.5, 0.6) is 5.75 Å². The van der Waals surface area contributed by atoms with Gasteiger partial charge >= 0.3 is 0 Å². The van der Waals surface area contributed by atoms with Gasteiger partial charge in [-0.05, 0) is 22.0 Å². The van der Waals surface area contributed by atoms with E-state index in [2.05, 4.69) is 41.4 Å². The monoisotopic (exact) mass is 323 g/mol. The Morgan fingerprint density at radius 2 is 2.26 bits per heavy atom. The number of aryl methyl sites for hydroxylation is 1. The van der Waals surface area contributed by atoms with Gasteiger partial charge in [-0.2, -0.15) is 15.4 Å². The molecule has 9 heteroatoms. The number of H-pyrrole nitrogens is 1. The Hall–Kier alpha value is -2.16. The predicted octanol–water partition coefficient (Wildman–Crippen LogP) is 1.01. The van der Waals surface area contributed by atoms with Crippen LogP contribution < -0.4 is 10.5 Å². The van der Waals surface area contributed by atoms with Crippen molar-refractivity contribution in [3.63, 3.8) is 0 Å². The number of hydrogen-bond acceptors (Lipinski definition) is 6. The zero-order valence-electron chi connectivity index (χ0n) is 9.96. The number of nitrogens with two attached hydrogens (primary N) is 1. The highest BCUT2D eigenvalue weighted by atomic mass is 79.9. The van der Waals surface area contributed by atoms with E-state index in [1.54, 1.807) is 10.7 Å². The molecule has 3 N–H and O–H groups in total. The molecule has 0 unspecified atom stereocenters. The Morgan fingerprint density at radius 1 is 1.42 bits per heavy atom. The van der Waals surface area contributed by atoms with E-state index in [-0.39, 0.29) is 0 Å². The first kappa shape index (κ1) is 11.9. The molecule has 0 amide bonds. The highest BCUT2D eigenvalue weighted by Gasteiger charge is 2.11. The summed E-state index contributed by atoms with van der Waals surface area (Å²) in [6.07, 6.45) is 0. The average molecular weight is 324 g/mol. The van der Waals surface area contributed by atoms with Gasteiger partial charge in [-0.3, -0.25) is 4.68 Å². The Kier molecular flexibility index (Phi) is 2.82. The van der Waals surface area contributed by atoms with Crippen LogP contribution in [0.25, 0.3) is 11.2 Å². The number of anilines is 1. The van der Waals surface area contributed by atoms with E-state index in [9.17, 15) is 0 Å². The van der Waals surface area contributed by atoms with Crippen molar-refractivity contribution in [3.05, 3.63) is 22.4 Å². The maximum absolute atomic E-state index is 5.68. The van der Waals surface area contributed by atoms with Gasteiger partial charge in [-0.1, -0.05) is 0 Å². The van der Waals surface area contributed by atoms with Gasteiger partial charge in [0.05, 0.1) is 0 Å². The molecule has 0 aromatic carbocycles. The SMILES string of the molecule is Cn1nc(COc2cc(N)nc3n[nH]nc23)cc1Br. The molecular formula is C10H10BrN7O. The summed E-state index contributed by atoms with van der Waals surface area (Å²) in [5, 5.41) is 14.6. The van der Waals surface area contributed by atoms with Crippen LogP contribution in [0.4, 0.5) is 5.82 Å². The summed E-state index contributed by atoms with van der Waals surface area (Å²) in [6.45, 7) is 0.310. The largest absolute Gasteiger partial charge is 0.485 e. The fourth-order valence-corrected chi connectivity index (χ4v) is 2.00. The fourth-order valence-electron chi connectivity index (χ4n) is 1.66. The van der Waals surface area contributed by atoms with Crippen molar-refractivity contribution in [1.82, 2.24) is 30.2 Å². The number of halogens is 1. The summed E-state index contributed by atoms with van der Waals surface area (Å²) >= 11 is 3.38. The summed E-state index contributed by atoms with van der Waals surface area (Å²) in [5.41, 5.74) is 7.45. The van der Waals surface area contributed by atoms with Gasteiger partial charge in [-0.25, -0.2) is 4.98 Å². The quantitative estimate of drug-likeness (QED) is 0.744. The minimum Gasteiger partial charge on any atom is -0.485 e. The number of nitrogen functional groups attached to an aromatic ring is 1. The molecule has 0 spiro atoms. The van der Waals surface area contributed by atoms with Crippen molar-refractivity contribution in [2.45, 2.75) is 6.61 Å². The maximum atomic E-state index is 5.68. The first-order valence-corrected chi connectivity index (χ1v) is 6.21. The normalized spacial score (nSPS) is 11.1. The van der Waals surface area contributed by atoms with Gasteiger partial charge in [0.15, 0.2) is 11.3 Å². The number of aromatic nitrogens is 6. The Bertz CT molecular complexity index is 715. The average Bonchev–Trinajstić information content (AvgIpc) is 2.94. The molecule has 0 aliphatic heterocycles.